The van der Waals surface area contributed by atoms with Gasteiger partial charge in [-0.25, -0.2) is 14.5 Å². The van der Waals surface area contributed by atoms with E-state index >= 15 is 0 Å². The van der Waals surface area contributed by atoms with Crippen LogP contribution in [0.1, 0.15) is 36.6 Å². The molecule has 2 aliphatic rings. The summed E-state index contributed by atoms with van der Waals surface area (Å²) in [5.74, 6) is 1.87. The number of fused-ring (bicyclic) bond motifs is 4. The Bertz CT molecular complexity index is 1700. The molecule has 4 nitrogen and oxygen atoms in total. The van der Waals surface area contributed by atoms with Crippen LogP contribution < -0.4 is 20.2 Å². The second-order valence-electron chi connectivity index (χ2n) is 11.4. The highest BCUT2D eigenvalue weighted by atomic mass is 16.5. The number of aryl methyl sites for hydroxylation is 2. The molecule has 1 aliphatic carbocycles. The summed E-state index contributed by atoms with van der Waals surface area (Å²) in [6.45, 7) is 7.04. The van der Waals surface area contributed by atoms with Gasteiger partial charge in [-0.1, -0.05) is 80.6 Å². The van der Waals surface area contributed by atoms with Crippen molar-refractivity contribution in [3.8, 4) is 28.4 Å². The first-order valence-electron chi connectivity index (χ1n) is 13.7. The Hall–Kier alpha value is -4.25. The second kappa shape index (κ2) is 8.91. The Morgan fingerprint density at radius 1 is 0.846 bits per heavy atom. The SMILES string of the molecule is Cc1ccccc1-c1c2c(cc[n+]1C)C(C)(C)C1B(c3cnc(-c4ccccc4)nc3)c3ccccc3OC21. The normalized spacial score (nSPS) is 18.6. The van der Waals surface area contributed by atoms with E-state index in [9.17, 15) is 0 Å². The molecule has 1 aliphatic heterocycles. The molecule has 2 aromatic heterocycles. The van der Waals surface area contributed by atoms with Gasteiger partial charge in [-0.05, 0) is 52.3 Å². The number of ether oxygens (including phenoxy) is 1. The molecule has 0 fully saturated rings. The first-order valence-corrected chi connectivity index (χ1v) is 13.7. The van der Waals surface area contributed by atoms with Gasteiger partial charge in [0.15, 0.2) is 12.0 Å². The average molecular weight is 508 g/mol. The molecule has 2 atom stereocenters. The van der Waals surface area contributed by atoms with E-state index in [1.807, 2.05) is 30.6 Å². The number of pyridine rings is 1. The monoisotopic (exact) mass is 508 g/mol. The Kier molecular flexibility index (Phi) is 5.45. The minimum Gasteiger partial charge on any atom is -0.486 e. The van der Waals surface area contributed by atoms with Crippen LogP contribution in [0.4, 0.5) is 0 Å². The Morgan fingerprint density at radius 2 is 1.54 bits per heavy atom. The summed E-state index contributed by atoms with van der Waals surface area (Å²) < 4.78 is 9.23. The highest BCUT2D eigenvalue weighted by Crippen LogP contribution is 2.59. The molecule has 2 unspecified atom stereocenters. The zero-order valence-corrected chi connectivity index (χ0v) is 22.8. The van der Waals surface area contributed by atoms with Crippen molar-refractivity contribution in [2.45, 2.75) is 38.1 Å². The number of benzene rings is 3. The molecule has 5 aromatic rings. The minimum absolute atomic E-state index is 0.0919. The Balaban J connectivity index is 1.42. The summed E-state index contributed by atoms with van der Waals surface area (Å²) in [7, 11) is 2.15. The number of para-hydroxylation sites is 1. The topological polar surface area (TPSA) is 38.9 Å². The molecule has 3 aromatic carbocycles. The van der Waals surface area contributed by atoms with Crippen molar-refractivity contribution in [2.75, 3.05) is 0 Å². The van der Waals surface area contributed by atoms with E-state index in [0.29, 0.717) is 0 Å². The number of nitrogens with zero attached hydrogens (tertiary/aromatic N) is 3. The van der Waals surface area contributed by atoms with E-state index in [1.165, 1.54) is 33.4 Å². The average Bonchev–Trinajstić information content (AvgIpc) is 3.19. The van der Waals surface area contributed by atoms with E-state index in [4.69, 9.17) is 14.7 Å². The van der Waals surface area contributed by atoms with Crippen molar-refractivity contribution in [3.63, 3.8) is 0 Å². The van der Waals surface area contributed by atoms with Crippen LogP contribution in [0, 0.1) is 6.92 Å². The van der Waals surface area contributed by atoms with Crippen molar-refractivity contribution in [2.24, 2.45) is 7.05 Å². The third-order valence-corrected chi connectivity index (χ3v) is 8.83. The van der Waals surface area contributed by atoms with Gasteiger partial charge in [-0.2, -0.15) is 0 Å². The summed E-state index contributed by atoms with van der Waals surface area (Å²) >= 11 is 0. The van der Waals surface area contributed by atoms with Gasteiger partial charge in [0.1, 0.15) is 18.9 Å². The van der Waals surface area contributed by atoms with E-state index in [-0.39, 0.29) is 24.0 Å². The molecule has 5 heteroatoms. The summed E-state index contributed by atoms with van der Waals surface area (Å²) in [5, 5.41) is 0. The molecule has 39 heavy (non-hydrogen) atoms. The molecule has 0 bridgehead atoms. The molecule has 0 saturated heterocycles. The minimum atomic E-state index is -0.137. The highest BCUT2D eigenvalue weighted by Gasteiger charge is 2.58. The van der Waals surface area contributed by atoms with E-state index in [0.717, 1.165) is 22.6 Å². The molecule has 0 spiro atoms. The number of rotatable bonds is 3. The maximum absolute atomic E-state index is 6.97. The van der Waals surface area contributed by atoms with E-state index < -0.39 is 0 Å². The predicted octanol–water partition coefficient (Wildman–Crippen LogP) is 5.35. The van der Waals surface area contributed by atoms with Crippen LogP contribution in [0.5, 0.6) is 5.75 Å². The van der Waals surface area contributed by atoms with Gasteiger partial charge in [-0.15, -0.1) is 0 Å². The lowest BCUT2D eigenvalue weighted by Crippen LogP contribution is -2.55. The van der Waals surface area contributed by atoms with Gasteiger partial charge in [0.25, 0.3) is 0 Å². The van der Waals surface area contributed by atoms with Crippen molar-refractivity contribution in [1.29, 1.82) is 0 Å². The molecular weight excluding hydrogens is 477 g/mol. The molecular formula is C34H31BN3O+. The van der Waals surface area contributed by atoms with Crippen LogP contribution in [0.15, 0.2) is 104 Å². The first-order chi connectivity index (χ1) is 18.9. The Morgan fingerprint density at radius 3 is 2.31 bits per heavy atom. The largest absolute Gasteiger partial charge is 0.486 e. The molecule has 7 rings (SSSR count). The first kappa shape index (κ1) is 23.8. The smallest absolute Gasteiger partial charge is 0.226 e. The lowest BCUT2D eigenvalue weighted by atomic mass is 9.29. The maximum Gasteiger partial charge on any atom is 0.226 e. The van der Waals surface area contributed by atoms with Crippen LogP contribution in [0.3, 0.4) is 0 Å². The number of hydrogen-bond donors (Lipinski definition) is 0. The fraction of sp³-hybridized carbons (Fsp3) is 0.206. The standard InChI is InChI=1S/C34H31BN3O/c1-22-12-8-9-15-25(22)30-29-26(18-19-38(30)4)34(2,3)32-31(29)39-28-17-11-10-16-27(28)35(32)24-20-36-33(37-21-24)23-13-6-5-7-14-23/h5-21,31-32H,1-4H3/q+1. The molecule has 0 saturated carbocycles. The third kappa shape index (κ3) is 3.64. The van der Waals surface area contributed by atoms with Gasteiger partial charge >= 0.3 is 0 Å². The summed E-state index contributed by atoms with van der Waals surface area (Å²) in [6, 6.07) is 29.6. The van der Waals surface area contributed by atoms with Crippen molar-refractivity contribution < 1.29 is 9.30 Å². The van der Waals surface area contributed by atoms with Crippen LogP contribution in [0.25, 0.3) is 22.6 Å². The highest BCUT2D eigenvalue weighted by molar-refractivity contribution is 6.87. The van der Waals surface area contributed by atoms with E-state index in [1.54, 1.807) is 0 Å². The Labute approximate surface area is 230 Å². The van der Waals surface area contributed by atoms with Crippen molar-refractivity contribution in [3.05, 3.63) is 120 Å². The quantitative estimate of drug-likeness (QED) is 0.244. The lowest BCUT2D eigenvalue weighted by molar-refractivity contribution is -0.660. The van der Waals surface area contributed by atoms with Gasteiger partial charge in [0, 0.05) is 29.6 Å². The van der Waals surface area contributed by atoms with Crippen LogP contribution in [0.2, 0.25) is 5.82 Å². The van der Waals surface area contributed by atoms with Gasteiger partial charge < -0.3 is 4.74 Å². The summed E-state index contributed by atoms with van der Waals surface area (Å²) in [6.07, 6.45) is 6.17. The zero-order chi connectivity index (χ0) is 26.7. The van der Waals surface area contributed by atoms with Gasteiger partial charge in [0.05, 0.1) is 5.56 Å². The summed E-state index contributed by atoms with van der Waals surface area (Å²) in [5.41, 5.74) is 9.63. The van der Waals surface area contributed by atoms with E-state index in [2.05, 4.69) is 105 Å². The third-order valence-electron chi connectivity index (χ3n) is 8.83. The van der Waals surface area contributed by atoms with Crippen LogP contribution in [-0.2, 0) is 12.5 Å². The second-order valence-corrected chi connectivity index (χ2v) is 11.4. The van der Waals surface area contributed by atoms with Crippen molar-refractivity contribution >= 4 is 17.6 Å². The number of hydrogen-bond acceptors (Lipinski definition) is 3. The fourth-order valence-corrected chi connectivity index (χ4v) is 6.95. The van der Waals surface area contributed by atoms with Crippen molar-refractivity contribution in [1.82, 2.24) is 9.97 Å². The van der Waals surface area contributed by atoms with Crippen LogP contribution in [-0.4, -0.2) is 16.7 Å². The number of aromatic nitrogens is 3. The maximum atomic E-state index is 6.97. The fourth-order valence-electron chi connectivity index (χ4n) is 6.95. The van der Waals surface area contributed by atoms with Crippen LogP contribution >= 0.6 is 0 Å². The molecule has 3 heterocycles. The molecule has 0 N–H and O–H groups in total. The zero-order valence-electron chi connectivity index (χ0n) is 22.8. The summed E-state index contributed by atoms with van der Waals surface area (Å²) in [4.78, 5) is 9.69. The van der Waals surface area contributed by atoms with Gasteiger partial charge in [-0.3, -0.25) is 0 Å². The lowest BCUT2D eigenvalue weighted by Gasteiger charge is -2.40. The molecule has 0 amide bonds. The molecule has 190 valence electrons. The van der Waals surface area contributed by atoms with Gasteiger partial charge in [0.2, 0.25) is 12.4 Å². The molecule has 0 radical (unpaired) electrons. The predicted molar refractivity (Wildman–Crippen MR) is 157 cm³/mol.